The van der Waals surface area contributed by atoms with Gasteiger partial charge in [-0.25, -0.2) is 4.39 Å². The molecule has 0 spiro atoms. The van der Waals surface area contributed by atoms with Gasteiger partial charge in [-0.1, -0.05) is 12.1 Å². The highest BCUT2D eigenvalue weighted by Gasteiger charge is 2.14. The molecule has 0 bridgehead atoms. The van der Waals surface area contributed by atoms with Crippen LogP contribution in [0.1, 0.15) is 24.8 Å². The number of hydrogen-bond donors (Lipinski definition) is 2. The molecule has 1 saturated heterocycles. The molecule has 0 saturated carbocycles. The van der Waals surface area contributed by atoms with Crippen LogP contribution in [0.5, 0.6) is 0 Å². The van der Waals surface area contributed by atoms with Crippen molar-refractivity contribution in [2.75, 3.05) is 13.1 Å². The fourth-order valence-corrected chi connectivity index (χ4v) is 2.18. The van der Waals surface area contributed by atoms with Crippen LogP contribution >= 0.6 is 12.4 Å². The predicted octanol–water partition coefficient (Wildman–Crippen LogP) is 2.05. The number of rotatable bonds is 4. The summed E-state index contributed by atoms with van der Waals surface area (Å²) in [5.74, 6) is -0.162. The summed E-state index contributed by atoms with van der Waals surface area (Å²) in [5, 5.41) is 6.29. The second-order valence-electron chi connectivity index (χ2n) is 4.74. The Bertz CT molecular complexity index is 391. The minimum atomic E-state index is -0.239. The van der Waals surface area contributed by atoms with Crippen LogP contribution in [0.25, 0.3) is 0 Å². The van der Waals surface area contributed by atoms with Gasteiger partial charge < -0.3 is 10.6 Å². The highest BCUT2D eigenvalue weighted by atomic mass is 35.5. The van der Waals surface area contributed by atoms with E-state index in [1.807, 2.05) is 0 Å². The lowest BCUT2D eigenvalue weighted by Gasteiger charge is -2.23. The smallest absolute Gasteiger partial charge is 0.220 e. The zero-order valence-corrected chi connectivity index (χ0v) is 11.6. The molecule has 2 N–H and O–H groups in total. The largest absolute Gasteiger partial charge is 0.352 e. The van der Waals surface area contributed by atoms with Crippen molar-refractivity contribution in [1.82, 2.24) is 10.6 Å². The Morgan fingerprint density at radius 3 is 2.74 bits per heavy atom. The summed E-state index contributed by atoms with van der Waals surface area (Å²) in [7, 11) is 0. The SMILES string of the molecule is Cl.O=C(CCc1ccc(F)cc1)NC1CCCNC1. The number of amides is 1. The number of carbonyl (C=O) groups is 1. The lowest BCUT2D eigenvalue weighted by atomic mass is 10.1. The summed E-state index contributed by atoms with van der Waals surface area (Å²) in [6.45, 7) is 1.91. The molecule has 0 aliphatic carbocycles. The predicted molar refractivity (Wildman–Crippen MR) is 76.0 cm³/mol. The molecule has 0 radical (unpaired) electrons. The van der Waals surface area contributed by atoms with Gasteiger partial charge in [0.1, 0.15) is 5.82 Å². The van der Waals surface area contributed by atoms with Crippen LogP contribution in [0.15, 0.2) is 24.3 Å². The minimum Gasteiger partial charge on any atom is -0.352 e. The number of nitrogens with one attached hydrogen (secondary N) is 2. The zero-order chi connectivity index (χ0) is 12.8. The maximum atomic E-state index is 12.7. The van der Waals surface area contributed by atoms with Gasteiger partial charge >= 0.3 is 0 Å². The molecule has 5 heteroatoms. The number of carbonyl (C=O) groups excluding carboxylic acids is 1. The third-order valence-electron chi connectivity index (χ3n) is 3.22. The Balaban J connectivity index is 0.00000180. The number of aryl methyl sites for hydroxylation is 1. The van der Waals surface area contributed by atoms with Crippen molar-refractivity contribution in [3.05, 3.63) is 35.6 Å². The molecule has 1 aromatic rings. The van der Waals surface area contributed by atoms with Crippen LogP contribution in [-0.2, 0) is 11.2 Å². The number of piperidine rings is 1. The number of halogens is 2. The Morgan fingerprint density at radius 1 is 1.37 bits per heavy atom. The second kappa shape index (κ2) is 8.12. The van der Waals surface area contributed by atoms with Crippen molar-refractivity contribution in [3.8, 4) is 0 Å². The Labute approximate surface area is 119 Å². The fraction of sp³-hybridized carbons (Fsp3) is 0.500. The van der Waals surface area contributed by atoms with Gasteiger partial charge in [-0.15, -0.1) is 12.4 Å². The van der Waals surface area contributed by atoms with E-state index in [9.17, 15) is 9.18 Å². The number of hydrogen-bond acceptors (Lipinski definition) is 2. The van der Waals surface area contributed by atoms with Gasteiger partial charge in [0.2, 0.25) is 5.91 Å². The van der Waals surface area contributed by atoms with Gasteiger partial charge in [-0.05, 0) is 43.5 Å². The minimum absolute atomic E-state index is 0. The lowest BCUT2D eigenvalue weighted by Crippen LogP contribution is -2.45. The quantitative estimate of drug-likeness (QED) is 0.889. The van der Waals surface area contributed by atoms with Crippen LogP contribution in [0, 0.1) is 5.82 Å². The first-order valence-corrected chi connectivity index (χ1v) is 6.48. The summed E-state index contributed by atoms with van der Waals surface area (Å²) < 4.78 is 12.7. The highest BCUT2D eigenvalue weighted by Crippen LogP contribution is 2.06. The third-order valence-corrected chi connectivity index (χ3v) is 3.22. The standard InChI is InChI=1S/C14H19FN2O.ClH/c15-12-6-3-11(4-7-12)5-8-14(18)17-13-2-1-9-16-10-13;/h3-4,6-7,13,16H,1-2,5,8-10H2,(H,17,18);1H. The molecule has 3 nitrogen and oxygen atoms in total. The second-order valence-corrected chi connectivity index (χ2v) is 4.74. The monoisotopic (exact) mass is 286 g/mol. The van der Waals surface area contributed by atoms with Crippen LogP contribution < -0.4 is 10.6 Å². The van der Waals surface area contributed by atoms with E-state index in [1.54, 1.807) is 12.1 Å². The van der Waals surface area contributed by atoms with Gasteiger partial charge in [0, 0.05) is 19.0 Å². The van der Waals surface area contributed by atoms with Crippen LogP contribution in [0.3, 0.4) is 0 Å². The first-order valence-electron chi connectivity index (χ1n) is 6.48. The van der Waals surface area contributed by atoms with E-state index in [-0.39, 0.29) is 30.2 Å². The molecule has 1 fully saturated rings. The van der Waals surface area contributed by atoms with Crippen LogP contribution in [0.2, 0.25) is 0 Å². The molecular formula is C14H20ClFN2O. The van der Waals surface area contributed by atoms with Crippen molar-refractivity contribution in [1.29, 1.82) is 0 Å². The Kier molecular flexibility index (Phi) is 6.81. The number of benzene rings is 1. The van der Waals surface area contributed by atoms with Crippen molar-refractivity contribution < 1.29 is 9.18 Å². The average molecular weight is 287 g/mol. The average Bonchev–Trinajstić information content (AvgIpc) is 2.39. The van der Waals surface area contributed by atoms with E-state index in [0.29, 0.717) is 12.8 Å². The summed E-state index contributed by atoms with van der Waals surface area (Å²) in [4.78, 5) is 11.7. The molecule has 1 aliphatic rings. The topological polar surface area (TPSA) is 41.1 Å². The molecule has 0 aromatic heterocycles. The molecule has 106 valence electrons. The molecule has 1 unspecified atom stereocenters. The summed E-state index contributed by atoms with van der Waals surface area (Å²) in [6.07, 6.45) is 3.28. The lowest BCUT2D eigenvalue weighted by molar-refractivity contribution is -0.121. The molecule has 1 amide bonds. The maximum Gasteiger partial charge on any atom is 0.220 e. The molecule has 1 aliphatic heterocycles. The summed E-state index contributed by atoms with van der Waals surface area (Å²) in [5.41, 5.74) is 0.994. The van der Waals surface area contributed by atoms with Crippen molar-refractivity contribution in [2.24, 2.45) is 0 Å². The normalized spacial score (nSPS) is 18.5. The maximum absolute atomic E-state index is 12.7. The fourth-order valence-electron chi connectivity index (χ4n) is 2.18. The van der Waals surface area contributed by atoms with Crippen molar-refractivity contribution in [3.63, 3.8) is 0 Å². The van der Waals surface area contributed by atoms with Crippen molar-refractivity contribution in [2.45, 2.75) is 31.7 Å². The van der Waals surface area contributed by atoms with E-state index in [0.717, 1.165) is 31.5 Å². The summed E-state index contributed by atoms with van der Waals surface area (Å²) in [6, 6.07) is 6.58. The summed E-state index contributed by atoms with van der Waals surface area (Å²) >= 11 is 0. The molecule has 1 aromatic carbocycles. The van der Waals surface area contributed by atoms with Gasteiger partial charge in [-0.3, -0.25) is 4.79 Å². The van der Waals surface area contributed by atoms with Gasteiger partial charge in [-0.2, -0.15) is 0 Å². The van der Waals surface area contributed by atoms with Gasteiger partial charge in [0.25, 0.3) is 0 Å². The molecule has 2 rings (SSSR count). The van der Waals surface area contributed by atoms with Crippen molar-refractivity contribution >= 4 is 18.3 Å². The van der Waals surface area contributed by atoms with E-state index in [2.05, 4.69) is 10.6 Å². The molecule has 19 heavy (non-hydrogen) atoms. The van der Waals surface area contributed by atoms with Crippen LogP contribution in [0.4, 0.5) is 4.39 Å². The molecule has 1 heterocycles. The van der Waals surface area contributed by atoms with E-state index in [4.69, 9.17) is 0 Å². The first kappa shape index (κ1) is 15.9. The zero-order valence-electron chi connectivity index (χ0n) is 10.8. The highest BCUT2D eigenvalue weighted by molar-refractivity contribution is 5.85. The van der Waals surface area contributed by atoms with Gasteiger partial charge in [0.05, 0.1) is 0 Å². The van der Waals surface area contributed by atoms with E-state index >= 15 is 0 Å². The van der Waals surface area contributed by atoms with Gasteiger partial charge in [0.15, 0.2) is 0 Å². The first-order chi connectivity index (χ1) is 8.74. The molecular weight excluding hydrogens is 267 g/mol. The van der Waals surface area contributed by atoms with E-state index < -0.39 is 0 Å². The Hall–Kier alpha value is -1.13. The molecule has 1 atom stereocenters. The third kappa shape index (κ3) is 5.57. The Morgan fingerprint density at radius 2 is 2.11 bits per heavy atom. The van der Waals surface area contributed by atoms with E-state index in [1.165, 1.54) is 12.1 Å². The van der Waals surface area contributed by atoms with Crippen LogP contribution in [-0.4, -0.2) is 25.0 Å².